The van der Waals surface area contributed by atoms with Gasteiger partial charge in [-0.3, -0.25) is 4.90 Å². The van der Waals surface area contributed by atoms with Crippen molar-refractivity contribution in [2.24, 2.45) is 0 Å². The average Bonchev–Trinajstić information content (AvgIpc) is 2.37. The normalized spacial score (nSPS) is 12.9. The number of hydrogen-bond acceptors (Lipinski definition) is 3. The van der Waals surface area contributed by atoms with E-state index in [1.54, 1.807) is 7.11 Å². The highest BCUT2D eigenvalue weighted by Gasteiger charge is 2.15. The molecule has 3 nitrogen and oxygen atoms in total. The first-order valence-electron chi connectivity index (χ1n) is 6.32. The van der Waals surface area contributed by atoms with Gasteiger partial charge in [0.05, 0.1) is 6.61 Å². The topological polar surface area (TPSA) is 24.5 Å². The summed E-state index contributed by atoms with van der Waals surface area (Å²) >= 11 is 3.59. The Hall–Kier alpha value is -0.420. The maximum absolute atomic E-state index is 5.30. The van der Waals surface area contributed by atoms with E-state index in [1.165, 1.54) is 5.56 Å². The number of benzene rings is 1. The van der Waals surface area contributed by atoms with Crippen LogP contribution in [0, 0.1) is 0 Å². The Labute approximate surface area is 119 Å². The van der Waals surface area contributed by atoms with Crippen molar-refractivity contribution >= 4 is 15.9 Å². The second-order valence-corrected chi connectivity index (χ2v) is 5.28. The summed E-state index contributed by atoms with van der Waals surface area (Å²) in [5.41, 5.74) is 1.30. The molecule has 0 aliphatic carbocycles. The number of nitrogens with zero attached hydrogens (tertiary/aromatic N) is 1. The van der Waals surface area contributed by atoms with E-state index in [2.05, 4.69) is 58.3 Å². The summed E-state index contributed by atoms with van der Waals surface area (Å²) in [5.74, 6) is 0. The molecule has 102 valence electrons. The van der Waals surface area contributed by atoms with Crippen molar-refractivity contribution in [2.75, 3.05) is 33.9 Å². The molecule has 1 atom stereocenters. The molecule has 0 fully saturated rings. The van der Waals surface area contributed by atoms with Gasteiger partial charge in [-0.2, -0.15) is 0 Å². The third-order valence-electron chi connectivity index (χ3n) is 2.99. The second kappa shape index (κ2) is 8.64. The molecule has 0 saturated carbocycles. The van der Waals surface area contributed by atoms with Crippen molar-refractivity contribution in [3.05, 3.63) is 34.3 Å². The van der Waals surface area contributed by atoms with Crippen LogP contribution >= 0.6 is 15.9 Å². The minimum absolute atomic E-state index is 0.391. The summed E-state index contributed by atoms with van der Waals surface area (Å²) in [6, 6.07) is 8.74. The van der Waals surface area contributed by atoms with Crippen molar-refractivity contribution in [1.82, 2.24) is 10.2 Å². The lowest BCUT2D eigenvalue weighted by molar-refractivity contribution is 0.101. The Morgan fingerprint density at radius 3 is 2.72 bits per heavy atom. The highest BCUT2D eigenvalue weighted by atomic mass is 79.9. The fourth-order valence-corrected chi connectivity index (χ4v) is 2.28. The third-order valence-corrected chi connectivity index (χ3v) is 3.76. The lowest BCUT2D eigenvalue weighted by atomic mass is 10.2. The molecule has 0 amide bonds. The zero-order chi connectivity index (χ0) is 13.4. The molecule has 1 aromatic rings. The maximum atomic E-state index is 5.30. The van der Waals surface area contributed by atoms with Crippen molar-refractivity contribution < 1.29 is 4.74 Å². The van der Waals surface area contributed by atoms with Gasteiger partial charge in [-0.25, -0.2) is 0 Å². The van der Waals surface area contributed by atoms with Gasteiger partial charge in [0.15, 0.2) is 0 Å². The van der Waals surface area contributed by atoms with Crippen molar-refractivity contribution in [2.45, 2.75) is 19.5 Å². The molecule has 0 radical (unpaired) electrons. The van der Waals surface area contributed by atoms with Crippen LogP contribution in [0.1, 0.15) is 12.5 Å². The van der Waals surface area contributed by atoms with Crippen LogP contribution in [0.2, 0.25) is 0 Å². The van der Waals surface area contributed by atoms with Gasteiger partial charge in [-0.05, 0) is 25.2 Å². The number of nitrogens with one attached hydrogen (secondary N) is 1. The maximum Gasteiger partial charge on any atom is 0.0630 e. The fraction of sp³-hybridized carbons (Fsp3) is 0.571. The van der Waals surface area contributed by atoms with Gasteiger partial charge in [-0.1, -0.05) is 41.1 Å². The molecular formula is C14H23BrN2O. The molecular weight excluding hydrogens is 292 g/mol. The molecule has 18 heavy (non-hydrogen) atoms. The van der Waals surface area contributed by atoms with Crippen LogP contribution < -0.4 is 5.32 Å². The van der Waals surface area contributed by atoms with E-state index in [0.717, 1.165) is 30.7 Å². The molecule has 0 aliphatic rings. The first kappa shape index (κ1) is 15.6. The number of ether oxygens (including phenoxy) is 1. The van der Waals surface area contributed by atoms with Crippen molar-refractivity contribution in [1.29, 1.82) is 0 Å². The fourth-order valence-electron chi connectivity index (χ4n) is 1.87. The molecule has 0 heterocycles. The first-order chi connectivity index (χ1) is 8.69. The smallest absolute Gasteiger partial charge is 0.0630 e. The zero-order valence-corrected chi connectivity index (χ0v) is 13.0. The van der Waals surface area contributed by atoms with Gasteiger partial charge < -0.3 is 10.1 Å². The number of methoxy groups -OCH3 is 1. The SMILES string of the molecule is CCNCC(COC)N(C)Cc1ccccc1Br. The summed E-state index contributed by atoms with van der Waals surface area (Å²) in [6.07, 6.45) is 0. The van der Waals surface area contributed by atoms with Crippen LogP contribution in [0.5, 0.6) is 0 Å². The molecule has 1 rings (SSSR count). The minimum atomic E-state index is 0.391. The largest absolute Gasteiger partial charge is 0.383 e. The second-order valence-electron chi connectivity index (χ2n) is 4.42. The summed E-state index contributed by atoms with van der Waals surface area (Å²) in [4.78, 5) is 2.33. The first-order valence-corrected chi connectivity index (χ1v) is 7.11. The molecule has 1 N–H and O–H groups in total. The van der Waals surface area contributed by atoms with E-state index in [1.807, 2.05) is 6.07 Å². The van der Waals surface area contributed by atoms with Crippen LogP contribution in [0.4, 0.5) is 0 Å². The standard InChI is InChI=1S/C14H23BrN2O/c1-4-16-9-13(11-18-3)17(2)10-12-7-5-6-8-14(12)15/h5-8,13,16H,4,9-11H2,1-3H3. The van der Waals surface area contributed by atoms with E-state index in [-0.39, 0.29) is 0 Å². The Bertz CT molecular complexity index is 346. The van der Waals surface area contributed by atoms with Crippen LogP contribution in [-0.4, -0.2) is 44.8 Å². The Morgan fingerprint density at radius 2 is 2.11 bits per heavy atom. The van der Waals surface area contributed by atoms with E-state index in [9.17, 15) is 0 Å². The predicted octanol–water partition coefficient (Wildman–Crippen LogP) is 2.51. The molecule has 0 bridgehead atoms. The number of rotatable bonds is 8. The van der Waals surface area contributed by atoms with Crippen LogP contribution in [0.15, 0.2) is 28.7 Å². The quantitative estimate of drug-likeness (QED) is 0.798. The highest BCUT2D eigenvalue weighted by molar-refractivity contribution is 9.10. The summed E-state index contributed by atoms with van der Waals surface area (Å²) in [6.45, 7) is 5.72. The Morgan fingerprint density at radius 1 is 1.39 bits per heavy atom. The molecule has 0 aromatic heterocycles. The average molecular weight is 315 g/mol. The molecule has 1 unspecified atom stereocenters. The van der Waals surface area contributed by atoms with Gasteiger partial charge in [0.25, 0.3) is 0 Å². The lowest BCUT2D eigenvalue weighted by Gasteiger charge is -2.28. The third kappa shape index (κ3) is 5.06. The van der Waals surface area contributed by atoms with Crippen molar-refractivity contribution in [3.8, 4) is 0 Å². The molecule has 0 saturated heterocycles. The predicted molar refractivity (Wildman–Crippen MR) is 79.8 cm³/mol. The number of halogens is 1. The van der Waals surface area contributed by atoms with Crippen LogP contribution in [0.3, 0.4) is 0 Å². The van der Waals surface area contributed by atoms with Gasteiger partial charge in [0.1, 0.15) is 0 Å². The van der Waals surface area contributed by atoms with E-state index in [4.69, 9.17) is 4.74 Å². The lowest BCUT2D eigenvalue weighted by Crippen LogP contribution is -2.42. The molecule has 0 spiro atoms. The Kier molecular flexibility index (Phi) is 7.51. The van der Waals surface area contributed by atoms with E-state index < -0.39 is 0 Å². The van der Waals surface area contributed by atoms with E-state index in [0.29, 0.717) is 6.04 Å². The molecule has 0 aliphatic heterocycles. The Balaban J connectivity index is 2.60. The van der Waals surface area contributed by atoms with E-state index >= 15 is 0 Å². The molecule has 4 heteroatoms. The monoisotopic (exact) mass is 314 g/mol. The van der Waals surface area contributed by atoms with Gasteiger partial charge >= 0.3 is 0 Å². The van der Waals surface area contributed by atoms with Gasteiger partial charge in [0, 0.05) is 30.7 Å². The van der Waals surface area contributed by atoms with Crippen LogP contribution in [0.25, 0.3) is 0 Å². The number of likely N-dealkylation sites (N-methyl/N-ethyl adjacent to an activating group) is 2. The highest BCUT2D eigenvalue weighted by Crippen LogP contribution is 2.18. The number of hydrogen-bond donors (Lipinski definition) is 1. The summed E-state index contributed by atoms with van der Waals surface area (Å²) < 4.78 is 6.46. The summed E-state index contributed by atoms with van der Waals surface area (Å²) in [5, 5.41) is 3.38. The van der Waals surface area contributed by atoms with Gasteiger partial charge in [-0.15, -0.1) is 0 Å². The van der Waals surface area contributed by atoms with Crippen LogP contribution in [-0.2, 0) is 11.3 Å². The minimum Gasteiger partial charge on any atom is -0.383 e. The van der Waals surface area contributed by atoms with Crippen molar-refractivity contribution in [3.63, 3.8) is 0 Å². The zero-order valence-electron chi connectivity index (χ0n) is 11.4. The molecule has 1 aromatic carbocycles. The summed E-state index contributed by atoms with van der Waals surface area (Å²) in [7, 11) is 3.89. The van der Waals surface area contributed by atoms with Gasteiger partial charge in [0.2, 0.25) is 0 Å².